The molecule has 0 radical (unpaired) electrons. The van der Waals surface area contributed by atoms with Crippen LogP contribution in [0.1, 0.15) is 57.6 Å². The second-order valence-electron chi connectivity index (χ2n) is 5.77. The first kappa shape index (κ1) is 11.7. The van der Waals surface area contributed by atoms with E-state index in [1.54, 1.807) is 0 Å². The quantitative estimate of drug-likeness (QED) is 0.839. The maximum Gasteiger partial charge on any atom is 0.120 e. The van der Waals surface area contributed by atoms with Crippen LogP contribution in [0.25, 0.3) is 0 Å². The molecule has 2 heteroatoms. The van der Waals surface area contributed by atoms with Gasteiger partial charge in [-0.05, 0) is 44.2 Å². The van der Waals surface area contributed by atoms with Gasteiger partial charge in [0.25, 0.3) is 0 Å². The average Bonchev–Trinajstić information content (AvgIpc) is 2.74. The fourth-order valence-corrected chi connectivity index (χ4v) is 2.71. The van der Waals surface area contributed by atoms with E-state index in [1.165, 1.54) is 19.3 Å². The standard InChI is InChI=1S/C14H23NO/c1-10-7-8-12(16-10)11(2)15-13-6-5-9-14(13,3)4/h7-8,11,13,15H,5-6,9H2,1-4H3. The summed E-state index contributed by atoms with van der Waals surface area (Å²) in [5, 5.41) is 3.70. The van der Waals surface area contributed by atoms with E-state index in [9.17, 15) is 0 Å². The zero-order valence-electron chi connectivity index (χ0n) is 10.8. The van der Waals surface area contributed by atoms with Gasteiger partial charge >= 0.3 is 0 Å². The summed E-state index contributed by atoms with van der Waals surface area (Å²) >= 11 is 0. The first-order chi connectivity index (χ1) is 7.49. The van der Waals surface area contributed by atoms with Crippen LogP contribution >= 0.6 is 0 Å². The predicted octanol–water partition coefficient (Wildman–Crippen LogP) is 3.82. The molecule has 1 aromatic heterocycles. The highest BCUT2D eigenvalue weighted by molar-refractivity contribution is 5.09. The minimum absolute atomic E-state index is 0.316. The van der Waals surface area contributed by atoms with Crippen LogP contribution in [0.4, 0.5) is 0 Å². The van der Waals surface area contributed by atoms with Gasteiger partial charge in [0.05, 0.1) is 6.04 Å². The van der Waals surface area contributed by atoms with Gasteiger partial charge in [0.15, 0.2) is 0 Å². The van der Waals surface area contributed by atoms with Crippen LogP contribution < -0.4 is 5.32 Å². The van der Waals surface area contributed by atoms with Gasteiger partial charge in [-0.3, -0.25) is 0 Å². The van der Waals surface area contributed by atoms with Crippen LogP contribution in [0.2, 0.25) is 0 Å². The average molecular weight is 221 g/mol. The van der Waals surface area contributed by atoms with Gasteiger partial charge in [0.2, 0.25) is 0 Å². The molecule has 1 N–H and O–H groups in total. The second kappa shape index (κ2) is 4.25. The molecule has 1 heterocycles. The topological polar surface area (TPSA) is 25.2 Å². The van der Waals surface area contributed by atoms with E-state index in [0.717, 1.165) is 11.5 Å². The SMILES string of the molecule is Cc1ccc(C(C)NC2CCCC2(C)C)o1. The minimum atomic E-state index is 0.316. The highest BCUT2D eigenvalue weighted by Gasteiger charge is 2.35. The van der Waals surface area contributed by atoms with Gasteiger partial charge in [-0.1, -0.05) is 20.3 Å². The first-order valence-electron chi connectivity index (χ1n) is 6.31. The Balaban J connectivity index is 1.99. The lowest BCUT2D eigenvalue weighted by Crippen LogP contribution is -2.39. The van der Waals surface area contributed by atoms with Crippen molar-refractivity contribution in [3.63, 3.8) is 0 Å². The molecule has 0 amide bonds. The summed E-state index contributed by atoms with van der Waals surface area (Å²) in [6.07, 6.45) is 3.96. The number of aryl methyl sites for hydroxylation is 1. The van der Waals surface area contributed by atoms with E-state index in [4.69, 9.17) is 4.42 Å². The lowest BCUT2D eigenvalue weighted by Gasteiger charge is -2.30. The van der Waals surface area contributed by atoms with E-state index >= 15 is 0 Å². The Bertz CT molecular complexity index is 353. The van der Waals surface area contributed by atoms with E-state index in [-0.39, 0.29) is 0 Å². The fraction of sp³-hybridized carbons (Fsp3) is 0.714. The smallest absolute Gasteiger partial charge is 0.120 e. The third-order valence-electron chi connectivity index (χ3n) is 3.90. The molecule has 2 atom stereocenters. The molecule has 2 rings (SSSR count). The fourth-order valence-electron chi connectivity index (χ4n) is 2.71. The van der Waals surface area contributed by atoms with Crippen molar-refractivity contribution in [1.82, 2.24) is 5.32 Å². The lowest BCUT2D eigenvalue weighted by molar-refractivity contribution is 0.255. The molecule has 0 spiro atoms. The van der Waals surface area contributed by atoms with Gasteiger partial charge in [-0.25, -0.2) is 0 Å². The number of hydrogen-bond donors (Lipinski definition) is 1. The van der Waals surface area contributed by atoms with Gasteiger partial charge in [-0.2, -0.15) is 0 Å². The Kier molecular flexibility index (Phi) is 3.11. The van der Waals surface area contributed by atoms with Crippen molar-refractivity contribution >= 4 is 0 Å². The Morgan fingerprint density at radius 2 is 2.19 bits per heavy atom. The predicted molar refractivity (Wildman–Crippen MR) is 66.4 cm³/mol. The molecule has 2 nitrogen and oxygen atoms in total. The van der Waals surface area contributed by atoms with Gasteiger partial charge in [-0.15, -0.1) is 0 Å². The van der Waals surface area contributed by atoms with Crippen LogP contribution in [0, 0.1) is 12.3 Å². The maximum atomic E-state index is 5.66. The minimum Gasteiger partial charge on any atom is -0.465 e. The van der Waals surface area contributed by atoms with Crippen molar-refractivity contribution in [2.24, 2.45) is 5.41 Å². The maximum absolute atomic E-state index is 5.66. The molecule has 16 heavy (non-hydrogen) atoms. The van der Waals surface area contributed by atoms with Crippen molar-refractivity contribution < 1.29 is 4.42 Å². The molecule has 0 bridgehead atoms. The molecule has 2 unspecified atom stereocenters. The molecule has 1 saturated carbocycles. The Hall–Kier alpha value is -0.760. The van der Waals surface area contributed by atoms with Crippen molar-refractivity contribution in [2.45, 2.75) is 59.0 Å². The van der Waals surface area contributed by atoms with Crippen molar-refractivity contribution in [3.8, 4) is 0 Å². The molecule has 1 fully saturated rings. The molecule has 0 saturated heterocycles. The molecular weight excluding hydrogens is 198 g/mol. The molecular formula is C14H23NO. The zero-order valence-corrected chi connectivity index (χ0v) is 10.8. The monoisotopic (exact) mass is 221 g/mol. The van der Waals surface area contributed by atoms with E-state index in [0.29, 0.717) is 17.5 Å². The molecule has 1 aromatic rings. The van der Waals surface area contributed by atoms with Gasteiger partial charge < -0.3 is 9.73 Å². The number of hydrogen-bond acceptors (Lipinski definition) is 2. The Morgan fingerprint density at radius 3 is 2.69 bits per heavy atom. The molecule has 0 aromatic carbocycles. The van der Waals surface area contributed by atoms with E-state index in [1.807, 2.05) is 13.0 Å². The zero-order chi connectivity index (χ0) is 11.8. The van der Waals surface area contributed by atoms with Crippen LogP contribution in [0.5, 0.6) is 0 Å². The first-order valence-corrected chi connectivity index (χ1v) is 6.31. The highest BCUT2D eigenvalue weighted by atomic mass is 16.3. The van der Waals surface area contributed by atoms with Crippen LogP contribution in [-0.4, -0.2) is 6.04 Å². The van der Waals surface area contributed by atoms with E-state index in [2.05, 4.69) is 32.2 Å². The van der Waals surface area contributed by atoms with Crippen molar-refractivity contribution in [3.05, 3.63) is 23.7 Å². The molecule has 1 aliphatic rings. The van der Waals surface area contributed by atoms with Crippen LogP contribution in [0.3, 0.4) is 0 Å². The summed E-state index contributed by atoms with van der Waals surface area (Å²) in [4.78, 5) is 0. The van der Waals surface area contributed by atoms with Crippen LogP contribution in [-0.2, 0) is 0 Å². The van der Waals surface area contributed by atoms with Gasteiger partial charge in [0, 0.05) is 6.04 Å². The molecule has 0 aliphatic heterocycles. The number of nitrogens with one attached hydrogen (secondary N) is 1. The summed E-state index contributed by atoms with van der Waals surface area (Å²) in [6.45, 7) is 8.90. The van der Waals surface area contributed by atoms with Crippen molar-refractivity contribution in [2.75, 3.05) is 0 Å². The summed E-state index contributed by atoms with van der Waals surface area (Å²) in [5.74, 6) is 2.05. The molecule has 90 valence electrons. The molecule has 1 aliphatic carbocycles. The summed E-state index contributed by atoms with van der Waals surface area (Å²) < 4.78 is 5.66. The summed E-state index contributed by atoms with van der Waals surface area (Å²) in [5.41, 5.74) is 0.426. The lowest BCUT2D eigenvalue weighted by atomic mass is 9.87. The van der Waals surface area contributed by atoms with Gasteiger partial charge in [0.1, 0.15) is 11.5 Å². The summed E-state index contributed by atoms with van der Waals surface area (Å²) in [7, 11) is 0. The number of rotatable bonds is 3. The second-order valence-corrected chi connectivity index (χ2v) is 5.77. The largest absolute Gasteiger partial charge is 0.465 e. The third-order valence-corrected chi connectivity index (χ3v) is 3.90. The number of furan rings is 1. The van der Waals surface area contributed by atoms with Crippen LogP contribution in [0.15, 0.2) is 16.5 Å². The Morgan fingerprint density at radius 1 is 1.44 bits per heavy atom. The summed E-state index contributed by atoms with van der Waals surface area (Å²) in [6, 6.07) is 5.05. The Labute approximate surface area is 98.4 Å². The highest BCUT2D eigenvalue weighted by Crippen LogP contribution is 2.38. The van der Waals surface area contributed by atoms with Crippen molar-refractivity contribution in [1.29, 1.82) is 0 Å². The normalized spacial score (nSPS) is 25.9. The third kappa shape index (κ3) is 2.32. The van der Waals surface area contributed by atoms with E-state index < -0.39 is 0 Å².